The zero-order valence-electron chi connectivity index (χ0n) is 15.4. The van der Waals surface area contributed by atoms with Crippen LogP contribution in [0.4, 0.5) is 4.39 Å². The molecular weight excluding hydrogens is 359 g/mol. The van der Waals surface area contributed by atoms with E-state index in [4.69, 9.17) is 9.47 Å². The van der Waals surface area contributed by atoms with Crippen molar-refractivity contribution in [2.45, 2.75) is 25.4 Å². The number of rotatable bonds is 6. The first-order chi connectivity index (χ1) is 13.7. The van der Waals surface area contributed by atoms with E-state index in [1.54, 1.807) is 6.20 Å². The van der Waals surface area contributed by atoms with Gasteiger partial charge in [-0.1, -0.05) is 30.3 Å². The van der Waals surface area contributed by atoms with E-state index in [-0.39, 0.29) is 23.5 Å². The van der Waals surface area contributed by atoms with E-state index >= 15 is 0 Å². The van der Waals surface area contributed by atoms with Crippen molar-refractivity contribution in [3.05, 3.63) is 77.5 Å². The number of halogens is 1. The number of esters is 1. The van der Waals surface area contributed by atoms with Crippen LogP contribution in [0.2, 0.25) is 0 Å². The average molecular weight is 378 g/mol. The number of carbonyl (C=O) groups excluding carboxylic acids is 1. The van der Waals surface area contributed by atoms with E-state index in [2.05, 4.69) is 9.97 Å². The first-order valence-corrected chi connectivity index (χ1v) is 9.06. The molecule has 5 nitrogen and oxygen atoms in total. The van der Waals surface area contributed by atoms with E-state index in [0.29, 0.717) is 11.6 Å². The summed E-state index contributed by atoms with van der Waals surface area (Å²) in [5.41, 5.74) is 2.46. The van der Waals surface area contributed by atoms with Gasteiger partial charge in [0.15, 0.2) is 0 Å². The molecule has 0 atom stereocenters. The van der Waals surface area contributed by atoms with Gasteiger partial charge in [-0.3, -0.25) is 9.97 Å². The van der Waals surface area contributed by atoms with Crippen LogP contribution in [0.5, 0.6) is 5.75 Å². The topological polar surface area (TPSA) is 61.3 Å². The zero-order chi connectivity index (χ0) is 19.5. The number of aromatic nitrogens is 2. The maximum atomic E-state index is 14.6. The van der Waals surface area contributed by atoms with Crippen molar-refractivity contribution in [3.63, 3.8) is 0 Å². The molecule has 4 rings (SSSR count). The Hall–Kier alpha value is -3.28. The molecule has 28 heavy (non-hydrogen) atoms. The van der Waals surface area contributed by atoms with E-state index in [1.165, 1.54) is 25.4 Å². The Morgan fingerprint density at radius 3 is 2.57 bits per heavy atom. The number of methoxy groups -OCH3 is 1. The van der Waals surface area contributed by atoms with Crippen LogP contribution in [-0.2, 0) is 11.3 Å². The van der Waals surface area contributed by atoms with Crippen molar-refractivity contribution < 1.29 is 18.7 Å². The zero-order valence-corrected chi connectivity index (χ0v) is 15.4. The Labute approximate surface area is 162 Å². The number of nitrogens with zero attached hydrogens (tertiary/aromatic N) is 2. The minimum atomic E-state index is -0.593. The average Bonchev–Trinajstić information content (AvgIpc) is 3.58. The van der Waals surface area contributed by atoms with Gasteiger partial charge < -0.3 is 9.47 Å². The fraction of sp³-hybridized carbons (Fsp3) is 0.227. The van der Waals surface area contributed by atoms with Crippen molar-refractivity contribution in [1.82, 2.24) is 9.97 Å². The number of hydrogen-bond donors (Lipinski definition) is 0. The second-order valence-corrected chi connectivity index (χ2v) is 6.69. The molecule has 0 spiro atoms. The summed E-state index contributed by atoms with van der Waals surface area (Å²) < 4.78 is 25.1. The largest absolute Gasteiger partial charge is 0.496 e. The number of carbonyl (C=O) groups is 1. The summed E-state index contributed by atoms with van der Waals surface area (Å²) >= 11 is 0. The van der Waals surface area contributed by atoms with E-state index in [0.717, 1.165) is 24.1 Å². The fourth-order valence-corrected chi connectivity index (χ4v) is 2.95. The smallest absolute Gasteiger partial charge is 0.342 e. The molecule has 1 fully saturated rings. The predicted molar refractivity (Wildman–Crippen MR) is 102 cm³/mol. The van der Waals surface area contributed by atoms with E-state index in [9.17, 15) is 9.18 Å². The normalized spacial score (nSPS) is 13.2. The van der Waals surface area contributed by atoms with E-state index in [1.807, 2.05) is 30.3 Å². The minimum absolute atomic E-state index is 0.113. The molecule has 0 aliphatic heterocycles. The molecule has 0 radical (unpaired) electrons. The molecule has 142 valence electrons. The summed E-state index contributed by atoms with van der Waals surface area (Å²) in [6.45, 7) is 0.116. The molecule has 0 saturated heterocycles. The molecule has 1 aliphatic rings. The highest BCUT2D eigenvalue weighted by Crippen LogP contribution is 2.39. The highest BCUT2D eigenvalue weighted by molar-refractivity contribution is 5.94. The summed E-state index contributed by atoms with van der Waals surface area (Å²) in [6, 6.07) is 11.9. The highest BCUT2D eigenvalue weighted by Gasteiger charge is 2.25. The maximum Gasteiger partial charge on any atom is 0.342 e. The van der Waals surface area contributed by atoms with Gasteiger partial charge in [0.2, 0.25) is 0 Å². The number of benzene rings is 2. The maximum absolute atomic E-state index is 14.6. The summed E-state index contributed by atoms with van der Waals surface area (Å²) in [5.74, 6) is -0.554. The van der Waals surface area contributed by atoms with Gasteiger partial charge in [0.05, 0.1) is 24.7 Å². The summed E-state index contributed by atoms with van der Waals surface area (Å²) in [4.78, 5) is 21.3. The lowest BCUT2D eigenvalue weighted by Gasteiger charge is -2.12. The molecular formula is C22H19FN2O3. The molecule has 1 aliphatic carbocycles. The van der Waals surface area contributed by atoms with Gasteiger partial charge in [0.1, 0.15) is 23.7 Å². The minimum Gasteiger partial charge on any atom is -0.496 e. The van der Waals surface area contributed by atoms with Crippen LogP contribution < -0.4 is 4.74 Å². The fourth-order valence-electron chi connectivity index (χ4n) is 2.95. The Kier molecular flexibility index (Phi) is 5.02. The quantitative estimate of drug-likeness (QED) is 0.590. The Morgan fingerprint density at radius 1 is 1.14 bits per heavy atom. The van der Waals surface area contributed by atoms with Crippen molar-refractivity contribution in [1.29, 1.82) is 0 Å². The molecule has 0 unspecified atom stereocenters. The first kappa shape index (κ1) is 18.1. The number of ether oxygens (including phenoxy) is 2. The van der Waals surface area contributed by atoms with Gasteiger partial charge in [0, 0.05) is 23.7 Å². The second kappa shape index (κ2) is 7.76. The van der Waals surface area contributed by atoms with Crippen LogP contribution in [0.25, 0.3) is 11.3 Å². The van der Waals surface area contributed by atoms with Gasteiger partial charge in [-0.05, 0) is 24.5 Å². The molecule has 6 heteroatoms. The highest BCUT2D eigenvalue weighted by atomic mass is 19.1. The summed E-state index contributed by atoms with van der Waals surface area (Å²) in [5, 5.41) is 0. The molecule has 1 aromatic heterocycles. The molecule has 1 saturated carbocycles. The van der Waals surface area contributed by atoms with Crippen molar-refractivity contribution in [3.8, 4) is 17.0 Å². The van der Waals surface area contributed by atoms with Crippen LogP contribution in [-0.4, -0.2) is 23.0 Å². The lowest BCUT2D eigenvalue weighted by molar-refractivity contribution is 0.0469. The van der Waals surface area contributed by atoms with Gasteiger partial charge in [-0.25, -0.2) is 9.18 Å². The summed E-state index contributed by atoms with van der Waals surface area (Å²) in [6.07, 6.45) is 5.44. The van der Waals surface area contributed by atoms with Gasteiger partial charge in [-0.2, -0.15) is 0 Å². The molecule has 1 heterocycles. The van der Waals surface area contributed by atoms with E-state index < -0.39 is 11.8 Å². The Morgan fingerprint density at radius 2 is 1.93 bits per heavy atom. The van der Waals surface area contributed by atoms with Crippen molar-refractivity contribution >= 4 is 5.97 Å². The molecule has 0 bridgehead atoms. The van der Waals surface area contributed by atoms with Crippen LogP contribution in [0.15, 0.2) is 54.9 Å². The third-order valence-electron chi connectivity index (χ3n) is 4.67. The lowest BCUT2D eigenvalue weighted by atomic mass is 10.1. The SMILES string of the molecule is COc1cc(F)c(-c2cnc(C3CC3)cn2)cc1C(=O)OCc1ccccc1. The monoisotopic (exact) mass is 378 g/mol. The standard InChI is InChI=1S/C22H19FN2O3/c1-27-21-10-18(23)16(20-12-24-19(11-25-20)15-7-8-15)9-17(21)22(26)28-13-14-5-3-2-4-6-14/h2-6,9-12,15H,7-8,13H2,1H3. The molecule has 0 N–H and O–H groups in total. The van der Waals surface area contributed by atoms with Crippen LogP contribution in [0.1, 0.15) is 40.4 Å². The predicted octanol–water partition coefficient (Wildman–Crippen LogP) is 4.53. The van der Waals surface area contributed by atoms with Gasteiger partial charge in [-0.15, -0.1) is 0 Å². The third kappa shape index (κ3) is 3.86. The Balaban J connectivity index is 1.60. The van der Waals surface area contributed by atoms with Crippen LogP contribution in [0, 0.1) is 5.82 Å². The molecule has 3 aromatic rings. The first-order valence-electron chi connectivity index (χ1n) is 9.06. The van der Waals surface area contributed by atoms with Crippen molar-refractivity contribution in [2.75, 3.05) is 7.11 Å². The lowest BCUT2D eigenvalue weighted by Crippen LogP contribution is -2.08. The second-order valence-electron chi connectivity index (χ2n) is 6.69. The van der Waals surface area contributed by atoms with Crippen LogP contribution >= 0.6 is 0 Å². The van der Waals surface area contributed by atoms with Gasteiger partial charge >= 0.3 is 5.97 Å². The van der Waals surface area contributed by atoms with Crippen LogP contribution in [0.3, 0.4) is 0 Å². The molecule has 0 amide bonds. The Bertz CT molecular complexity index is 987. The number of hydrogen-bond acceptors (Lipinski definition) is 5. The molecule has 2 aromatic carbocycles. The van der Waals surface area contributed by atoms with Crippen molar-refractivity contribution in [2.24, 2.45) is 0 Å². The summed E-state index contributed by atoms with van der Waals surface area (Å²) in [7, 11) is 1.38. The van der Waals surface area contributed by atoms with Gasteiger partial charge in [0.25, 0.3) is 0 Å². The third-order valence-corrected chi connectivity index (χ3v) is 4.67.